The molecule has 2 rings (SSSR count). The minimum atomic E-state index is 0.883. The van der Waals surface area contributed by atoms with Crippen LogP contribution >= 0.6 is 0 Å². The second kappa shape index (κ2) is 7.08. The van der Waals surface area contributed by atoms with Gasteiger partial charge < -0.3 is 9.80 Å². The molecule has 2 nitrogen and oxygen atoms in total. The fraction of sp³-hybridized carbons (Fsp3) is 1.00. The third kappa shape index (κ3) is 4.19. The highest BCUT2D eigenvalue weighted by molar-refractivity contribution is 4.82. The van der Waals surface area contributed by atoms with Crippen molar-refractivity contribution in [2.24, 2.45) is 23.7 Å². The Morgan fingerprint density at radius 3 is 2.16 bits per heavy atom. The maximum atomic E-state index is 2.75. The molecular weight excluding hydrogens is 232 g/mol. The maximum absolute atomic E-state index is 2.75. The van der Waals surface area contributed by atoms with E-state index in [2.05, 4.69) is 37.5 Å². The monoisotopic (exact) mass is 266 g/mol. The largest absolute Gasteiger partial charge is 0.303 e. The molecule has 2 heterocycles. The van der Waals surface area contributed by atoms with Crippen molar-refractivity contribution in [1.82, 2.24) is 9.80 Å². The Balaban J connectivity index is 1.74. The van der Waals surface area contributed by atoms with Crippen molar-refractivity contribution in [2.75, 3.05) is 39.3 Å². The first-order valence-corrected chi connectivity index (χ1v) is 8.54. The Labute approximate surface area is 120 Å². The van der Waals surface area contributed by atoms with Crippen LogP contribution in [0.1, 0.15) is 47.0 Å². The summed E-state index contributed by atoms with van der Waals surface area (Å²) in [5.41, 5.74) is 0. The van der Waals surface area contributed by atoms with E-state index < -0.39 is 0 Å². The summed E-state index contributed by atoms with van der Waals surface area (Å²) in [5.74, 6) is 3.69. The molecule has 2 atom stereocenters. The van der Waals surface area contributed by atoms with Gasteiger partial charge in [-0.25, -0.2) is 0 Å². The predicted octanol–water partition coefficient (Wildman–Crippen LogP) is 3.33. The van der Waals surface area contributed by atoms with Crippen molar-refractivity contribution in [3.63, 3.8) is 0 Å². The van der Waals surface area contributed by atoms with Crippen molar-refractivity contribution >= 4 is 0 Å². The van der Waals surface area contributed by atoms with Crippen molar-refractivity contribution in [3.05, 3.63) is 0 Å². The van der Waals surface area contributed by atoms with E-state index in [-0.39, 0.29) is 0 Å². The highest BCUT2D eigenvalue weighted by Crippen LogP contribution is 2.28. The minimum absolute atomic E-state index is 0.883. The first kappa shape index (κ1) is 15.3. The number of hydrogen-bond acceptors (Lipinski definition) is 2. The number of rotatable bonds is 4. The van der Waals surface area contributed by atoms with Crippen LogP contribution in [0.25, 0.3) is 0 Å². The van der Waals surface area contributed by atoms with Crippen molar-refractivity contribution in [2.45, 2.75) is 47.0 Å². The van der Waals surface area contributed by atoms with Gasteiger partial charge in [-0.15, -0.1) is 0 Å². The molecule has 19 heavy (non-hydrogen) atoms. The van der Waals surface area contributed by atoms with E-state index in [4.69, 9.17) is 0 Å². The van der Waals surface area contributed by atoms with Gasteiger partial charge in [0.1, 0.15) is 0 Å². The van der Waals surface area contributed by atoms with Gasteiger partial charge in [-0.1, -0.05) is 27.7 Å². The Morgan fingerprint density at radius 1 is 1.00 bits per heavy atom. The Kier molecular flexibility index (Phi) is 5.70. The minimum Gasteiger partial charge on any atom is -0.303 e. The summed E-state index contributed by atoms with van der Waals surface area (Å²) in [6.45, 7) is 17.5. The van der Waals surface area contributed by atoms with E-state index in [0.717, 1.165) is 23.7 Å². The highest BCUT2D eigenvalue weighted by atomic mass is 15.2. The average molecular weight is 266 g/mol. The second-order valence-electron chi connectivity index (χ2n) is 7.30. The van der Waals surface area contributed by atoms with Crippen LogP contribution in [0.2, 0.25) is 0 Å². The zero-order valence-corrected chi connectivity index (χ0v) is 13.6. The highest BCUT2D eigenvalue weighted by Gasteiger charge is 2.28. The zero-order chi connectivity index (χ0) is 13.8. The maximum Gasteiger partial charge on any atom is 0.00132 e. The average Bonchev–Trinajstić information content (AvgIpc) is 2.41. The van der Waals surface area contributed by atoms with Crippen molar-refractivity contribution in [1.29, 1.82) is 0 Å². The number of hydrogen-bond donors (Lipinski definition) is 0. The molecule has 2 aliphatic heterocycles. The molecule has 0 amide bonds. The van der Waals surface area contributed by atoms with Crippen LogP contribution in [0.5, 0.6) is 0 Å². The molecule has 0 aliphatic carbocycles. The smallest absolute Gasteiger partial charge is 0.00132 e. The Morgan fingerprint density at radius 2 is 1.63 bits per heavy atom. The van der Waals surface area contributed by atoms with E-state index >= 15 is 0 Å². The van der Waals surface area contributed by atoms with Crippen LogP contribution in [-0.2, 0) is 0 Å². The summed E-state index contributed by atoms with van der Waals surface area (Å²) in [6, 6.07) is 0. The molecule has 0 aromatic heterocycles. The fourth-order valence-corrected chi connectivity index (χ4v) is 3.97. The van der Waals surface area contributed by atoms with Gasteiger partial charge in [-0.05, 0) is 69.1 Å². The SMILES string of the molecule is CCN1CC[C@H](CN2CCC(C(C)C)CC2)[C@H](C)C1. The molecule has 0 aromatic carbocycles. The fourth-order valence-electron chi connectivity index (χ4n) is 3.97. The van der Waals surface area contributed by atoms with Crippen LogP contribution in [-0.4, -0.2) is 49.1 Å². The molecule has 2 aliphatic rings. The third-order valence-electron chi connectivity index (χ3n) is 5.68. The van der Waals surface area contributed by atoms with Gasteiger partial charge in [0.2, 0.25) is 0 Å². The summed E-state index contributed by atoms with van der Waals surface area (Å²) in [5, 5.41) is 0. The van der Waals surface area contributed by atoms with E-state index in [1.54, 1.807) is 0 Å². The van der Waals surface area contributed by atoms with Gasteiger partial charge in [-0.3, -0.25) is 0 Å². The molecule has 2 fully saturated rings. The third-order valence-corrected chi connectivity index (χ3v) is 5.68. The van der Waals surface area contributed by atoms with E-state index in [1.807, 2.05) is 0 Å². The molecule has 112 valence electrons. The van der Waals surface area contributed by atoms with Crippen LogP contribution in [0.4, 0.5) is 0 Å². The van der Waals surface area contributed by atoms with E-state index in [0.29, 0.717) is 0 Å². The summed E-state index contributed by atoms with van der Waals surface area (Å²) in [7, 11) is 0. The van der Waals surface area contributed by atoms with Crippen LogP contribution in [0.3, 0.4) is 0 Å². The molecule has 0 bridgehead atoms. The van der Waals surface area contributed by atoms with E-state index in [1.165, 1.54) is 58.5 Å². The summed E-state index contributed by atoms with van der Waals surface area (Å²) in [4.78, 5) is 5.37. The predicted molar refractivity (Wildman–Crippen MR) is 83.4 cm³/mol. The van der Waals surface area contributed by atoms with Gasteiger partial charge in [-0.2, -0.15) is 0 Å². The topological polar surface area (TPSA) is 6.48 Å². The lowest BCUT2D eigenvalue weighted by Gasteiger charge is -2.41. The Hall–Kier alpha value is -0.0800. The van der Waals surface area contributed by atoms with Crippen LogP contribution < -0.4 is 0 Å². The van der Waals surface area contributed by atoms with Crippen LogP contribution in [0, 0.1) is 23.7 Å². The summed E-state index contributed by atoms with van der Waals surface area (Å²) < 4.78 is 0. The lowest BCUT2D eigenvalue weighted by molar-refractivity contribution is 0.0784. The van der Waals surface area contributed by atoms with Gasteiger partial charge in [0.05, 0.1) is 0 Å². The Bertz CT molecular complexity index is 256. The molecule has 0 saturated carbocycles. The normalized spacial score (nSPS) is 32.1. The van der Waals surface area contributed by atoms with Crippen LogP contribution in [0.15, 0.2) is 0 Å². The van der Waals surface area contributed by atoms with Crippen molar-refractivity contribution < 1.29 is 0 Å². The molecule has 0 radical (unpaired) electrons. The molecule has 0 N–H and O–H groups in total. The molecule has 0 spiro atoms. The first-order valence-electron chi connectivity index (χ1n) is 8.54. The molecule has 2 saturated heterocycles. The molecular formula is C17H34N2. The lowest BCUT2D eigenvalue weighted by atomic mass is 9.84. The quantitative estimate of drug-likeness (QED) is 0.770. The van der Waals surface area contributed by atoms with Crippen molar-refractivity contribution in [3.8, 4) is 0 Å². The lowest BCUT2D eigenvalue weighted by Crippen LogP contribution is -2.45. The first-order chi connectivity index (χ1) is 9.10. The number of piperidine rings is 2. The number of likely N-dealkylation sites (tertiary alicyclic amines) is 2. The molecule has 0 aromatic rings. The van der Waals surface area contributed by atoms with Gasteiger partial charge in [0.15, 0.2) is 0 Å². The summed E-state index contributed by atoms with van der Waals surface area (Å²) in [6.07, 6.45) is 4.28. The molecule has 2 heteroatoms. The molecule has 0 unspecified atom stereocenters. The summed E-state index contributed by atoms with van der Waals surface area (Å²) >= 11 is 0. The second-order valence-corrected chi connectivity index (χ2v) is 7.30. The van der Waals surface area contributed by atoms with Gasteiger partial charge >= 0.3 is 0 Å². The number of nitrogens with zero attached hydrogens (tertiary/aromatic N) is 2. The van der Waals surface area contributed by atoms with E-state index in [9.17, 15) is 0 Å². The van der Waals surface area contributed by atoms with Gasteiger partial charge in [0, 0.05) is 13.1 Å². The standard InChI is InChI=1S/C17H34N2/c1-5-18-9-8-17(15(4)12-18)13-19-10-6-16(7-11-19)14(2)3/h14-17H,5-13H2,1-4H3/t15-,17-/m1/s1. The van der Waals surface area contributed by atoms with Gasteiger partial charge in [0.25, 0.3) is 0 Å². The zero-order valence-electron chi connectivity index (χ0n) is 13.6.